The summed E-state index contributed by atoms with van der Waals surface area (Å²) in [5.74, 6) is 3.05. The predicted octanol–water partition coefficient (Wildman–Crippen LogP) is 10.7. The molecule has 0 spiro atoms. The summed E-state index contributed by atoms with van der Waals surface area (Å²) in [4.78, 5) is 0. The average molecular weight is 469 g/mol. The molecule has 2 unspecified atom stereocenters. The third-order valence-corrected chi connectivity index (χ3v) is 8.58. The molecule has 1 saturated carbocycles. The molecule has 2 atom stereocenters. The monoisotopic (exact) mass is 468 g/mol. The highest BCUT2D eigenvalue weighted by Crippen LogP contribution is 2.35. The predicted molar refractivity (Wildman–Crippen MR) is 154 cm³/mol. The molecule has 188 valence electrons. The molecular formula is C35H48. The number of allylic oxidation sites excluding steroid dienone is 4. The number of hydrogen-bond donors (Lipinski definition) is 0. The van der Waals surface area contributed by atoms with Crippen LogP contribution in [0.2, 0.25) is 0 Å². The van der Waals surface area contributed by atoms with Crippen molar-refractivity contribution in [2.24, 2.45) is 17.8 Å². The Labute approximate surface area is 215 Å². The van der Waals surface area contributed by atoms with Crippen molar-refractivity contribution in [3.8, 4) is 11.1 Å². The zero-order chi connectivity index (χ0) is 24.3. The van der Waals surface area contributed by atoms with Crippen molar-refractivity contribution in [1.29, 1.82) is 0 Å². The van der Waals surface area contributed by atoms with Crippen molar-refractivity contribution in [3.05, 3.63) is 84.0 Å². The van der Waals surface area contributed by atoms with Gasteiger partial charge in [-0.15, -0.1) is 0 Å². The van der Waals surface area contributed by atoms with Crippen molar-refractivity contribution in [2.75, 3.05) is 0 Å². The van der Waals surface area contributed by atoms with E-state index in [1.165, 1.54) is 106 Å². The van der Waals surface area contributed by atoms with Gasteiger partial charge in [-0.25, -0.2) is 0 Å². The van der Waals surface area contributed by atoms with E-state index in [0.29, 0.717) is 11.8 Å². The summed E-state index contributed by atoms with van der Waals surface area (Å²) in [7, 11) is 0. The highest BCUT2D eigenvalue weighted by Gasteiger charge is 2.20. The minimum atomic E-state index is 0.573. The van der Waals surface area contributed by atoms with E-state index in [-0.39, 0.29) is 0 Å². The lowest BCUT2D eigenvalue weighted by atomic mass is 9.78. The van der Waals surface area contributed by atoms with Gasteiger partial charge in [0.05, 0.1) is 0 Å². The maximum absolute atomic E-state index is 2.57. The zero-order valence-corrected chi connectivity index (χ0v) is 22.4. The molecule has 0 heteroatoms. The maximum atomic E-state index is 2.57. The van der Waals surface area contributed by atoms with E-state index in [9.17, 15) is 0 Å². The van der Waals surface area contributed by atoms with Gasteiger partial charge in [-0.05, 0) is 91.4 Å². The van der Waals surface area contributed by atoms with Gasteiger partial charge in [0.15, 0.2) is 0 Å². The van der Waals surface area contributed by atoms with Crippen molar-refractivity contribution in [1.82, 2.24) is 0 Å². The number of aryl methyl sites for hydroxylation is 1. The van der Waals surface area contributed by atoms with Crippen molar-refractivity contribution >= 4 is 0 Å². The molecule has 0 aliphatic heterocycles. The van der Waals surface area contributed by atoms with E-state index >= 15 is 0 Å². The van der Waals surface area contributed by atoms with Gasteiger partial charge in [0.2, 0.25) is 0 Å². The Hall–Kier alpha value is -2.08. The van der Waals surface area contributed by atoms with Crippen LogP contribution in [0.15, 0.2) is 72.8 Å². The van der Waals surface area contributed by atoms with Gasteiger partial charge in [-0.3, -0.25) is 0 Å². The first kappa shape index (κ1) is 26.0. The summed E-state index contributed by atoms with van der Waals surface area (Å²) in [6, 6.07) is 18.5. The molecule has 4 rings (SSSR count). The van der Waals surface area contributed by atoms with Gasteiger partial charge in [-0.2, -0.15) is 0 Å². The molecule has 35 heavy (non-hydrogen) atoms. The van der Waals surface area contributed by atoms with Crippen LogP contribution in [0.25, 0.3) is 11.1 Å². The Bertz CT molecular complexity index is 906. The van der Waals surface area contributed by atoms with E-state index in [4.69, 9.17) is 0 Å². The second kappa shape index (κ2) is 13.9. The van der Waals surface area contributed by atoms with Gasteiger partial charge in [-0.1, -0.05) is 119 Å². The summed E-state index contributed by atoms with van der Waals surface area (Å²) in [5.41, 5.74) is 5.58. The lowest BCUT2D eigenvalue weighted by Crippen LogP contribution is -2.13. The molecule has 0 amide bonds. The standard InChI is InChI=1S/C35H48/c1-3-5-7-9-29-10-12-30(13-11-29)14-15-31-18-22-33(23-19-31)35-26-24-34(25-27-35)32-20-16-28(17-21-32)8-6-4-2/h14-18,20-22,24-27,29-31,33H,3-13,19,23H2,1-2H3. The minimum Gasteiger partial charge on any atom is -0.0848 e. The van der Waals surface area contributed by atoms with E-state index in [1.54, 1.807) is 0 Å². The Balaban J connectivity index is 1.24. The Morgan fingerprint density at radius 2 is 1.34 bits per heavy atom. The van der Waals surface area contributed by atoms with Crippen LogP contribution in [0.4, 0.5) is 0 Å². The Kier molecular flexibility index (Phi) is 10.3. The fourth-order valence-corrected chi connectivity index (χ4v) is 6.10. The van der Waals surface area contributed by atoms with Crippen LogP contribution in [0, 0.1) is 17.8 Å². The van der Waals surface area contributed by atoms with Gasteiger partial charge < -0.3 is 0 Å². The molecule has 2 aromatic carbocycles. The number of unbranched alkanes of at least 4 members (excludes halogenated alkanes) is 3. The summed E-state index contributed by atoms with van der Waals surface area (Å²) in [5, 5.41) is 0. The van der Waals surface area contributed by atoms with Crippen LogP contribution in [-0.2, 0) is 6.42 Å². The topological polar surface area (TPSA) is 0 Å². The molecule has 2 aliphatic rings. The summed E-state index contributed by atoms with van der Waals surface area (Å²) in [6.45, 7) is 4.57. The molecular weight excluding hydrogens is 420 g/mol. The third-order valence-electron chi connectivity index (χ3n) is 8.58. The fraction of sp³-hybridized carbons (Fsp3) is 0.543. The first-order valence-electron chi connectivity index (χ1n) is 14.8. The minimum absolute atomic E-state index is 0.573. The van der Waals surface area contributed by atoms with Crippen LogP contribution >= 0.6 is 0 Å². The highest BCUT2D eigenvalue weighted by molar-refractivity contribution is 5.64. The van der Waals surface area contributed by atoms with Crippen LogP contribution in [-0.4, -0.2) is 0 Å². The SMILES string of the molecule is CCCCCC1CCC(C=CC2C=CC(c3ccc(-c4ccc(CCCC)cc4)cc3)CC2)CC1. The second-order valence-electron chi connectivity index (χ2n) is 11.3. The second-order valence-corrected chi connectivity index (χ2v) is 11.3. The molecule has 0 aromatic heterocycles. The van der Waals surface area contributed by atoms with E-state index in [1.807, 2.05) is 0 Å². The fourth-order valence-electron chi connectivity index (χ4n) is 6.10. The molecule has 2 aromatic rings. The van der Waals surface area contributed by atoms with Gasteiger partial charge in [0, 0.05) is 5.92 Å². The molecule has 0 nitrogen and oxygen atoms in total. The normalized spacial score (nSPS) is 24.7. The van der Waals surface area contributed by atoms with Crippen LogP contribution < -0.4 is 0 Å². The van der Waals surface area contributed by atoms with Gasteiger partial charge in [0.25, 0.3) is 0 Å². The van der Waals surface area contributed by atoms with E-state index in [0.717, 1.165) is 11.8 Å². The largest absolute Gasteiger partial charge is 0.0848 e. The smallest absolute Gasteiger partial charge is 0.00185 e. The Morgan fingerprint density at radius 3 is 1.97 bits per heavy atom. The first-order chi connectivity index (χ1) is 17.2. The number of benzene rings is 2. The highest BCUT2D eigenvalue weighted by atomic mass is 14.3. The van der Waals surface area contributed by atoms with Gasteiger partial charge in [0.1, 0.15) is 0 Å². The third kappa shape index (κ3) is 7.96. The van der Waals surface area contributed by atoms with Crippen molar-refractivity contribution < 1.29 is 0 Å². The summed E-state index contributed by atoms with van der Waals surface area (Å²) < 4.78 is 0. The molecule has 0 bridgehead atoms. The quantitative estimate of drug-likeness (QED) is 0.227. The Morgan fingerprint density at radius 1 is 0.657 bits per heavy atom. The van der Waals surface area contributed by atoms with Crippen molar-refractivity contribution in [2.45, 2.75) is 103 Å². The molecule has 0 N–H and O–H groups in total. The summed E-state index contributed by atoms with van der Waals surface area (Å²) in [6.07, 6.45) is 27.8. The molecule has 1 fully saturated rings. The summed E-state index contributed by atoms with van der Waals surface area (Å²) >= 11 is 0. The average Bonchev–Trinajstić information content (AvgIpc) is 2.92. The number of hydrogen-bond acceptors (Lipinski definition) is 0. The van der Waals surface area contributed by atoms with E-state index in [2.05, 4.69) is 86.7 Å². The number of rotatable bonds is 11. The van der Waals surface area contributed by atoms with Crippen LogP contribution in [0.5, 0.6) is 0 Å². The zero-order valence-electron chi connectivity index (χ0n) is 22.4. The molecule has 2 aliphatic carbocycles. The first-order valence-corrected chi connectivity index (χ1v) is 14.8. The van der Waals surface area contributed by atoms with E-state index < -0.39 is 0 Å². The lowest BCUT2D eigenvalue weighted by molar-refractivity contribution is 0.289. The van der Waals surface area contributed by atoms with Crippen molar-refractivity contribution in [3.63, 3.8) is 0 Å². The van der Waals surface area contributed by atoms with Gasteiger partial charge >= 0.3 is 0 Å². The maximum Gasteiger partial charge on any atom is 0.00185 e. The van der Waals surface area contributed by atoms with Crippen LogP contribution in [0.1, 0.15) is 108 Å². The molecule has 0 heterocycles. The molecule has 0 radical (unpaired) electrons. The molecule has 0 saturated heterocycles. The van der Waals surface area contributed by atoms with Crippen LogP contribution in [0.3, 0.4) is 0 Å². The lowest BCUT2D eigenvalue weighted by Gasteiger charge is -2.27.